The summed E-state index contributed by atoms with van der Waals surface area (Å²) in [6, 6.07) is 0. The van der Waals surface area contributed by atoms with Crippen molar-refractivity contribution in [2.24, 2.45) is 0 Å². The Labute approximate surface area is 100 Å². The molecule has 0 heterocycles. The van der Waals surface area contributed by atoms with Crippen LogP contribution in [0.4, 0.5) is 0 Å². The van der Waals surface area contributed by atoms with Crippen molar-refractivity contribution in [3.8, 4) is 0 Å². The molecule has 94 valence electrons. The zero-order valence-electron chi connectivity index (χ0n) is 9.96. The quantitative estimate of drug-likeness (QED) is 0.411. The molecule has 0 aliphatic carbocycles. The molecule has 0 rings (SSSR count). The normalized spacial score (nSPS) is 9.24. The minimum absolute atomic E-state index is 0.0543. The SMILES string of the molecule is BC(=O)CNC(=O)CNC(=O)CNC(=O)CC. The minimum Gasteiger partial charge on any atom is -0.348 e. The predicted molar refractivity (Wildman–Crippen MR) is 62.9 cm³/mol. The maximum Gasteiger partial charge on any atom is 0.239 e. The van der Waals surface area contributed by atoms with Crippen LogP contribution in [-0.2, 0) is 19.2 Å². The largest absolute Gasteiger partial charge is 0.348 e. The summed E-state index contributed by atoms with van der Waals surface area (Å²) >= 11 is 0. The van der Waals surface area contributed by atoms with Crippen LogP contribution in [0.3, 0.4) is 0 Å². The lowest BCUT2D eigenvalue weighted by Crippen LogP contribution is -2.42. The molecule has 17 heavy (non-hydrogen) atoms. The molecule has 0 radical (unpaired) electrons. The summed E-state index contributed by atoms with van der Waals surface area (Å²) in [5, 5.41) is 7.00. The first kappa shape index (κ1) is 15.1. The van der Waals surface area contributed by atoms with Gasteiger partial charge in [0.05, 0.1) is 19.6 Å². The van der Waals surface area contributed by atoms with Crippen LogP contribution in [0.15, 0.2) is 0 Å². The summed E-state index contributed by atoms with van der Waals surface area (Å²) in [5.74, 6) is -1.14. The Bertz CT molecular complexity index is 319. The summed E-state index contributed by atoms with van der Waals surface area (Å²) in [4.78, 5) is 43.6. The topological polar surface area (TPSA) is 104 Å². The third kappa shape index (κ3) is 9.10. The van der Waals surface area contributed by atoms with Gasteiger partial charge in [0.25, 0.3) is 0 Å². The Morgan fingerprint density at radius 3 is 1.65 bits per heavy atom. The lowest BCUT2D eigenvalue weighted by molar-refractivity contribution is -0.127. The molecule has 0 saturated carbocycles. The van der Waals surface area contributed by atoms with Gasteiger partial charge in [0.15, 0.2) is 7.85 Å². The van der Waals surface area contributed by atoms with E-state index < -0.39 is 11.8 Å². The summed E-state index contributed by atoms with van der Waals surface area (Å²) in [6.07, 6.45) is 0.298. The van der Waals surface area contributed by atoms with E-state index in [4.69, 9.17) is 0 Å². The molecule has 0 spiro atoms. The highest BCUT2D eigenvalue weighted by Gasteiger charge is 2.06. The smallest absolute Gasteiger partial charge is 0.239 e. The Morgan fingerprint density at radius 2 is 1.24 bits per heavy atom. The molecule has 0 saturated heterocycles. The van der Waals surface area contributed by atoms with Gasteiger partial charge in [0, 0.05) is 6.42 Å². The van der Waals surface area contributed by atoms with Gasteiger partial charge in [0.1, 0.15) is 5.68 Å². The maximum absolute atomic E-state index is 11.1. The van der Waals surface area contributed by atoms with Crippen molar-refractivity contribution in [1.82, 2.24) is 16.0 Å². The Hall–Kier alpha value is -1.86. The van der Waals surface area contributed by atoms with Crippen molar-refractivity contribution >= 4 is 31.3 Å². The third-order valence-electron chi connectivity index (χ3n) is 1.75. The number of hydrogen-bond donors (Lipinski definition) is 3. The van der Waals surface area contributed by atoms with Crippen LogP contribution in [0.2, 0.25) is 0 Å². The Kier molecular flexibility index (Phi) is 7.41. The molecule has 0 aromatic rings. The second kappa shape index (κ2) is 8.31. The van der Waals surface area contributed by atoms with Crippen molar-refractivity contribution in [1.29, 1.82) is 0 Å². The van der Waals surface area contributed by atoms with Crippen LogP contribution in [0.5, 0.6) is 0 Å². The molecular weight excluding hydrogens is 225 g/mol. The lowest BCUT2D eigenvalue weighted by atomic mass is 10.0. The number of rotatable bonds is 7. The van der Waals surface area contributed by atoms with Gasteiger partial charge in [-0.05, 0) is 0 Å². The fourth-order valence-electron chi connectivity index (χ4n) is 0.831. The first-order chi connectivity index (χ1) is 7.95. The summed E-state index contributed by atoms with van der Waals surface area (Å²) in [5.41, 5.74) is -0.167. The molecule has 7 nitrogen and oxygen atoms in total. The van der Waals surface area contributed by atoms with Crippen molar-refractivity contribution < 1.29 is 19.2 Å². The fraction of sp³-hybridized carbons (Fsp3) is 0.556. The van der Waals surface area contributed by atoms with Gasteiger partial charge in [-0.2, -0.15) is 0 Å². The maximum atomic E-state index is 11.1. The van der Waals surface area contributed by atoms with E-state index in [0.717, 1.165) is 0 Å². The number of amides is 3. The fourth-order valence-corrected chi connectivity index (χ4v) is 0.831. The molecular formula is C9H16BN3O4. The number of nitrogens with one attached hydrogen (secondary N) is 3. The molecule has 0 aliphatic heterocycles. The van der Waals surface area contributed by atoms with Gasteiger partial charge in [-0.1, -0.05) is 6.92 Å². The van der Waals surface area contributed by atoms with E-state index in [-0.39, 0.29) is 31.2 Å². The average Bonchev–Trinajstić information content (AvgIpc) is 2.30. The first-order valence-electron chi connectivity index (χ1n) is 5.25. The molecule has 0 unspecified atom stereocenters. The predicted octanol–water partition coefficient (Wildman–Crippen LogP) is -3.10. The second-order valence-corrected chi connectivity index (χ2v) is 3.39. The Balaban J connectivity index is 3.66. The van der Waals surface area contributed by atoms with E-state index in [0.29, 0.717) is 6.42 Å². The van der Waals surface area contributed by atoms with Gasteiger partial charge in [-0.15, -0.1) is 0 Å². The van der Waals surface area contributed by atoms with E-state index in [1.807, 2.05) is 0 Å². The van der Waals surface area contributed by atoms with Gasteiger partial charge in [-0.3, -0.25) is 14.4 Å². The van der Waals surface area contributed by atoms with Crippen LogP contribution >= 0.6 is 0 Å². The van der Waals surface area contributed by atoms with Crippen molar-refractivity contribution in [2.45, 2.75) is 13.3 Å². The van der Waals surface area contributed by atoms with Crippen LogP contribution in [0.25, 0.3) is 0 Å². The number of carbonyl (C=O) groups excluding carboxylic acids is 4. The molecule has 0 atom stereocenters. The standard InChI is InChI=1S/C9H16BN3O4/c1-2-7(15)12-4-9(17)13-5-8(16)11-3-6(10)14/h2-5,10H2,1H3,(H,11,16)(H,12,15)(H,13,17). The molecule has 0 aromatic carbocycles. The van der Waals surface area contributed by atoms with Gasteiger partial charge >= 0.3 is 0 Å². The molecule has 3 amide bonds. The van der Waals surface area contributed by atoms with E-state index in [2.05, 4.69) is 16.0 Å². The van der Waals surface area contributed by atoms with Crippen LogP contribution in [0.1, 0.15) is 13.3 Å². The average molecular weight is 241 g/mol. The van der Waals surface area contributed by atoms with E-state index in [1.54, 1.807) is 6.92 Å². The van der Waals surface area contributed by atoms with Gasteiger partial charge in [-0.25, -0.2) is 0 Å². The van der Waals surface area contributed by atoms with E-state index >= 15 is 0 Å². The van der Waals surface area contributed by atoms with Crippen LogP contribution < -0.4 is 16.0 Å². The van der Waals surface area contributed by atoms with E-state index in [1.165, 1.54) is 7.85 Å². The lowest BCUT2D eigenvalue weighted by Gasteiger charge is -2.06. The highest BCUT2D eigenvalue weighted by Crippen LogP contribution is 1.74. The molecule has 3 N–H and O–H groups in total. The van der Waals surface area contributed by atoms with Crippen LogP contribution in [-0.4, -0.2) is 50.9 Å². The van der Waals surface area contributed by atoms with Gasteiger partial charge < -0.3 is 20.7 Å². The summed E-state index contributed by atoms with van der Waals surface area (Å²) in [7, 11) is 1.35. The van der Waals surface area contributed by atoms with Crippen molar-refractivity contribution in [2.75, 3.05) is 19.6 Å². The molecule has 0 aliphatic rings. The van der Waals surface area contributed by atoms with Crippen molar-refractivity contribution in [3.63, 3.8) is 0 Å². The van der Waals surface area contributed by atoms with Gasteiger partial charge in [0.2, 0.25) is 17.7 Å². The highest BCUT2D eigenvalue weighted by molar-refractivity contribution is 6.58. The summed E-state index contributed by atoms with van der Waals surface area (Å²) in [6.45, 7) is 1.24. The molecule has 0 fully saturated rings. The zero-order chi connectivity index (χ0) is 13.3. The molecule has 0 aromatic heterocycles. The minimum atomic E-state index is -0.454. The monoisotopic (exact) mass is 241 g/mol. The van der Waals surface area contributed by atoms with Crippen molar-refractivity contribution in [3.05, 3.63) is 0 Å². The third-order valence-corrected chi connectivity index (χ3v) is 1.75. The molecule has 8 heteroatoms. The highest BCUT2D eigenvalue weighted by atomic mass is 16.2. The van der Waals surface area contributed by atoms with Crippen LogP contribution in [0, 0.1) is 0 Å². The van der Waals surface area contributed by atoms with E-state index in [9.17, 15) is 19.2 Å². The summed E-state index contributed by atoms with van der Waals surface area (Å²) < 4.78 is 0. The number of carbonyl (C=O) groups is 4. The molecule has 0 bridgehead atoms. The second-order valence-electron chi connectivity index (χ2n) is 3.39. The first-order valence-corrected chi connectivity index (χ1v) is 5.25. The number of hydrogen-bond acceptors (Lipinski definition) is 4. The zero-order valence-corrected chi connectivity index (χ0v) is 9.96. The Morgan fingerprint density at radius 1 is 0.824 bits per heavy atom.